The Morgan fingerprint density at radius 1 is 0.868 bits per heavy atom. The third-order valence-corrected chi connectivity index (χ3v) is 8.39. The first kappa shape index (κ1) is 41.3. The smallest absolute Gasteiger partial charge is 0.337 e. The fourth-order valence-corrected chi connectivity index (χ4v) is 6.25. The Morgan fingerprint density at radius 3 is 1.85 bits per heavy atom. The highest BCUT2D eigenvalue weighted by Crippen LogP contribution is 2.40. The van der Waals surface area contributed by atoms with E-state index in [2.05, 4.69) is 58.7 Å². The number of ether oxygens (including phenoxy) is 2. The zero-order chi connectivity index (χ0) is 39.3. The third kappa shape index (κ3) is 12.0. The molecule has 1 unspecified atom stereocenters. The standard InChI is InChI=1S/C36H41N3O6.C4H4O4/c1-24-31(34(40)44-6)33(28-18-13-19-29(22-28)39(42)43)32(25(2)37-24)35(41)45-36(3,4)23-38(5)21-20-30(26-14-9-7-10-15-26)27-16-11-8-12-17-27;5-3(6)1-2-4(7)8/h7-19,22,30,33,37H,20-21,23H2,1-6H3;1-2H,(H,5,6)(H,7,8)/b;2-1-. The average Bonchev–Trinajstić information content (AvgIpc) is 3.11. The van der Waals surface area contributed by atoms with Crippen LogP contribution in [-0.2, 0) is 28.7 Å². The van der Waals surface area contributed by atoms with Crippen LogP contribution in [0.15, 0.2) is 120 Å². The Bertz CT molecular complexity index is 1830. The second kappa shape index (κ2) is 19.0. The molecule has 1 aliphatic rings. The minimum atomic E-state index is -1.26. The number of nitrogens with zero attached hydrogens (tertiary/aromatic N) is 2. The molecule has 0 aliphatic carbocycles. The summed E-state index contributed by atoms with van der Waals surface area (Å²) in [6.07, 6.45) is 1.98. The lowest BCUT2D eigenvalue weighted by atomic mass is 9.80. The first-order chi connectivity index (χ1) is 25.0. The Morgan fingerprint density at radius 2 is 1.38 bits per heavy atom. The number of non-ortho nitro benzene ring substituents is 1. The van der Waals surface area contributed by atoms with Crippen LogP contribution in [0.4, 0.5) is 5.69 Å². The lowest BCUT2D eigenvalue weighted by molar-refractivity contribution is -0.384. The molecule has 53 heavy (non-hydrogen) atoms. The van der Waals surface area contributed by atoms with Crippen LogP contribution in [0.5, 0.6) is 0 Å². The van der Waals surface area contributed by atoms with Gasteiger partial charge in [-0.3, -0.25) is 10.1 Å². The lowest BCUT2D eigenvalue weighted by Gasteiger charge is -2.34. The number of carbonyl (C=O) groups is 4. The van der Waals surface area contributed by atoms with Crippen molar-refractivity contribution < 1.29 is 43.8 Å². The van der Waals surface area contributed by atoms with Gasteiger partial charge in [0.25, 0.3) is 5.69 Å². The molecule has 0 saturated carbocycles. The van der Waals surface area contributed by atoms with Crippen LogP contribution in [0, 0.1) is 10.1 Å². The van der Waals surface area contributed by atoms with Gasteiger partial charge in [0.05, 0.1) is 29.1 Å². The molecule has 0 fully saturated rings. The molecule has 13 heteroatoms. The minimum Gasteiger partial charge on any atom is -0.478 e. The van der Waals surface area contributed by atoms with Crippen LogP contribution in [0.3, 0.4) is 0 Å². The van der Waals surface area contributed by atoms with Gasteiger partial charge in [0.1, 0.15) is 5.60 Å². The molecule has 1 heterocycles. The Hall–Kier alpha value is -6.08. The molecule has 4 rings (SSSR count). The van der Waals surface area contributed by atoms with E-state index >= 15 is 0 Å². The van der Waals surface area contributed by atoms with Crippen molar-refractivity contribution in [3.8, 4) is 0 Å². The zero-order valence-corrected chi connectivity index (χ0v) is 30.6. The minimum absolute atomic E-state index is 0.149. The quantitative estimate of drug-likeness (QED) is 0.0741. The van der Waals surface area contributed by atoms with E-state index < -0.39 is 40.3 Å². The summed E-state index contributed by atoms with van der Waals surface area (Å²) in [6.45, 7) is 8.34. The number of carbonyl (C=O) groups excluding carboxylic acids is 2. The normalized spacial score (nSPS) is 14.4. The first-order valence-electron chi connectivity index (χ1n) is 16.7. The molecule has 0 spiro atoms. The van der Waals surface area contributed by atoms with Crippen LogP contribution < -0.4 is 5.32 Å². The van der Waals surface area contributed by atoms with Crippen LogP contribution in [0.25, 0.3) is 0 Å². The van der Waals surface area contributed by atoms with Gasteiger partial charge < -0.3 is 29.9 Å². The number of rotatable bonds is 14. The number of nitro groups is 1. The number of carboxylic acid groups (broad SMARTS) is 2. The molecule has 280 valence electrons. The fourth-order valence-electron chi connectivity index (χ4n) is 6.25. The number of benzene rings is 3. The number of aliphatic carboxylic acids is 2. The molecule has 1 atom stereocenters. The molecule has 3 aromatic carbocycles. The third-order valence-electron chi connectivity index (χ3n) is 8.39. The van der Waals surface area contributed by atoms with E-state index in [0.29, 0.717) is 35.7 Å². The van der Waals surface area contributed by atoms with Gasteiger partial charge in [-0.25, -0.2) is 19.2 Å². The first-order valence-corrected chi connectivity index (χ1v) is 16.7. The number of nitrogens with one attached hydrogen (secondary N) is 1. The summed E-state index contributed by atoms with van der Waals surface area (Å²) in [5.74, 6) is -4.48. The Labute approximate surface area is 308 Å². The summed E-state index contributed by atoms with van der Waals surface area (Å²) < 4.78 is 11.2. The maximum Gasteiger partial charge on any atom is 0.337 e. The average molecular weight is 728 g/mol. The number of allylic oxidation sites excluding steroid dienone is 2. The van der Waals surface area contributed by atoms with Crippen molar-refractivity contribution in [3.05, 3.63) is 146 Å². The number of likely N-dealkylation sites (N-methyl/N-ethyl adjacent to an activating group) is 1. The second-order valence-corrected chi connectivity index (χ2v) is 13.0. The van der Waals surface area contributed by atoms with Gasteiger partial charge in [-0.2, -0.15) is 0 Å². The highest BCUT2D eigenvalue weighted by molar-refractivity contribution is 6.00. The van der Waals surface area contributed by atoms with E-state index in [-0.39, 0.29) is 22.8 Å². The highest BCUT2D eigenvalue weighted by Gasteiger charge is 2.40. The lowest BCUT2D eigenvalue weighted by Crippen LogP contribution is -2.42. The molecular formula is C40H45N3O10. The van der Waals surface area contributed by atoms with E-state index in [4.69, 9.17) is 19.7 Å². The van der Waals surface area contributed by atoms with E-state index in [1.54, 1.807) is 19.9 Å². The molecule has 13 nitrogen and oxygen atoms in total. The maximum absolute atomic E-state index is 14.0. The zero-order valence-electron chi connectivity index (χ0n) is 30.6. The van der Waals surface area contributed by atoms with Crippen LogP contribution in [0.2, 0.25) is 0 Å². The Kier molecular flexibility index (Phi) is 14.8. The van der Waals surface area contributed by atoms with Crippen molar-refractivity contribution in [2.45, 2.75) is 51.6 Å². The molecule has 0 aromatic heterocycles. The van der Waals surface area contributed by atoms with Gasteiger partial charge in [0, 0.05) is 48.1 Å². The van der Waals surface area contributed by atoms with Gasteiger partial charge in [0.15, 0.2) is 0 Å². The van der Waals surface area contributed by atoms with Crippen molar-refractivity contribution >= 4 is 29.6 Å². The number of carboxylic acids is 2. The summed E-state index contributed by atoms with van der Waals surface area (Å²) in [6, 6.07) is 26.8. The van der Waals surface area contributed by atoms with Crippen molar-refractivity contribution in [2.24, 2.45) is 0 Å². The molecule has 0 bridgehead atoms. The van der Waals surface area contributed by atoms with Gasteiger partial charge in [-0.1, -0.05) is 72.8 Å². The van der Waals surface area contributed by atoms with Gasteiger partial charge in [0.2, 0.25) is 0 Å². The predicted molar refractivity (Wildman–Crippen MR) is 198 cm³/mol. The molecule has 1 aliphatic heterocycles. The van der Waals surface area contributed by atoms with Crippen LogP contribution in [-0.4, -0.2) is 76.8 Å². The van der Waals surface area contributed by atoms with Gasteiger partial charge in [-0.15, -0.1) is 0 Å². The van der Waals surface area contributed by atoms with Gasteiger partial charge >= 0.3 is 23.9 Å². The van der Waals surface area contributed by atoms with Crippen LogP contribution >= 0.6 is 0 Å². The molecular weight excluding hydrogens is 682 g/mol. The summed E-state index contributed by atoms with van der Waals surface area (Å²) >= 11 is 0. The van der Waals surface area contributed by atoms with E-state index in [9.17, 15) is 29.3 Å². The van der Waals surface area contributed by atoms with Crippen molar-refractivity contribution in [3.63, 3.8) is 0 Å². The van der Waals surface area contributed by atoms with Crippen molar-refractivity contribution in [2.75, 3.05) is 27.2 Å². The number of hydrogen-bond acceptors (Lipinski definition) is 10. The van der Waals surface area contributed by atoms with E-state index in [1.165, 1.54) is 36.4 Å². The number of nitro benzene ring substituents is 1. The summed E-state index contributed by atoms with van der Waals surface area (Å²) in [5.41, 5.74) is 3.24. The fraction of sp³-hybridized carbons (Fsp3) is 0.300. The van der Waals surface area contributed by atoms with Crippen molar-refractivity contribution in [1.82, 2.24) is 10.2 Å². The van der Waals surface area contributed by atoms with E-state index in [1.807, 2.05) is 33.0 Å². The van der Waals surface area contributed by atoms with Crippen molar-refractivity contribution in [1.29, 1.82) is 0 Å². The summed E-state index contributed by atoms with van der Waals surface area (Å²) in [7, 11) is 3.26. The highest BCUT2D eigenvalue weighted by atomic mass is 16.6. The molecule has 0 amide bonds. The summed E-state index contributed by atoms with van der Waals surface area (Å²) in [4.78, 5) is 59.3. The number of hydrogen-bond donors (Lipinski definition) is 3. The molecule has 0 radical (unpaired) electrons. The molecule has 0 saturated heterocycles. The SMILES string of the molecule is COC(=O)C1=C(C)NC(C)=C(C(=O)OC(C)(C)CN(C)CCC(c2ccccc2)c2ccccc2)C1c1cccc([N+](=O)[O-])c1.O=C(O)/C=C\C(=O)O. The Balaban J connectivity index is 0.000000846. The predicted octanol–water partition coefficient (Wildman–Crippen LogP) is 6.19. The number of methoxy groups -OCH3 is 1. The van der Waals surface area contributed by atoms with Gasteiger partial charge in [-0.05, 0) is 64.4 Å². The monoisotopic (exact) mass is 727 g/mol. The maximum atomic E-state index is 14.0. The number of esters is 2. The number of dihydropyridines is 1. The molecule has 3 N–H and O–H groups in total. The largest absolute Gasteiger partial charge is 0.478 e. The van der Waals surface area contributed by atoms with Crippen LogP contribution in [0.1, 0.15) is 62.6 Å². The molecule has 3 aromatic rings. The van der Waals surface area contributed by atoms with E-state index in [0.717, 1.165) is 13.0 Å². The second-order valence-electron chi connectivity index (χ2n) is 13.0. The summed E-state index contributed by atoms with van der Waals surface area (Å²) in [5, 5.41) is 30.3. The topological polar surface area (TPSA) is 186 Å².